The molecule has 0 unspecified atom stereocenters. The van der Waals surface area contributed by atoms with Crippen molar-refractivity contribution in [2.75, 3.05) is 0 Å². The van der Waals surface area contributed by atoms with E-state index < -0.39 is 23.7 Å². The monoisotopic (exact) mass is 344 g/mol. The van der Waals surface area contributed by atoms with E-state index in [4.69, 9.17) is 13.9 Å². The van der Waals surface area contributed by atoms with Gasteiger partial charge in [-0.3, -0.25) is 4.79 Å². The molecule has 132 valence electrons. The summed E-state index contributed by atoms with van der Waals surface area (Å²) in [5, 5.41) is 10.8. The van der Waals surface area contributed by atoms with Gasteiger partial charge in [-0.25, -0.2) is 4.79 Å². The molecule has 6 heteroatoms. The minimum absolute atomic E-state index is 0.112. The summed E-state index contributed by atoms with van der Waals surface area (Å²) in [5.41, 5.74) is 0.683. The topological polar surface area (TPSA) is 86.0 Å². The number of hydrogen-bond acceptors (Lipinski definition) is 6. The van der Waals surface area contributed by atoms with E-state index in [1.807, 2.05) is 6.92 Å². The molecule has 2 fully saturated rings. The largest absolute Gasteiger partial charge is 0.465 e. The smallest absolute Gasteiger partial charge is 0.334 e. The molecule has 6 atom stereocenters. The number of aliphatic hydroxyl groups is 1. The van der Waals surface area contributed by atoms with Crippen molar-refractivity contribution in [1.82, 2.24) is 0 Å². The van der Waals surface area contributed by atoms with Crippen LogP contribution < -0.4 is 0 Å². The average molecular weight is 344 g/mol. The highest BCUT2D eigenvalue weighted by molar-refractivity contribution is 5.94. The van der Waals surface area contributed by atoms with Crippen molar-refractivity contribution in [3.05, 3.63) is 35.3 Å². The summed E-state index contributed by atoms with van der Waals surface area (Å²) >= 11 is 0. The van der Waals surface area contributed by atoms with Crippen molar-refractivity contribution in [2.24, 2.45) is 17.3 Å². The van der Waals surface area contributed by atoms with Gasteiger partial charge >= 0.3 is 11.9 Å². The van der Waals surface area contributed by atoms with Crippen LogP contribution in [0, 0.1) is 17.3 Å². The van der Waals surface area contributed by atoms with Crippen molar-refractivity contribution in [3.8, 4) is 0 Å². The average Bonchev–Trinajstić information content (AvgIpc) is 3.31. The maximum atomic E-state index is 13.1. The van der Waals surface area contributed by atoms with Crippen LogP contribution in [0.3, 0.4) is 0 Å². The second-order valence-corrected chi connectivity index (χ2v) is 7.64. The molecule has 1 saturated heterocycles. The minimum Gasteiger partial charge on any atom is -0.465 e. The van der Waals surface area contributed by atoms with Gasteiger partial charge in [-0.15, -0.1) is 0 Å². The summed E-state index contributed by atoms with van der Waals surface area (Å²) in [5.74, 6) is -0.473. The first-order valence-electron chi connectivity index (χ1n) is 8.90. The Kier molecular flexibility index (Phi) is 3.02. The molecule has 2 aliphatic carbocycles. The SMILES string of the molecule is C[C@@H]1[C@H](O)[C@@H]2OC(=O)C3=C2[C@H](CCC3)[C@]12C[C@@H](c1ccco1)OC2=O. The van der Waals surface area contributed by atoms with Gasteiger partial charge in [0.2, 0.25) is 0 Å². The zero-order valence-electron chi connectivity index (χ0n) is 13.9. The van der Waals surface area contributed by atoms with E-state index in [-0.39, 0.29) is 23.8 Å². The first kappa shape index (κ1) is 15.2. The quantitative estimate of drug-likeness (QED) is 0.787. The molecule has 1 N–H and O–H groups in total. The Bertz CT molecular complexity index is 778. The van der Waals surface area contributed by atoms with Crippen LogP contribution in [0.25, 0.3) is 0 Å². The molecule has 25 heavy (non-hydrogen) atoms. The molecule has 2 aliphatic heterocycles. The molecule has 1 spiro atoms. The number of aliphatic hydroxyl groups excluding tert-OH is 1. The number of cyclic esters (lactones) is 1. The summed E-state index contributed by atoms with van der Waals surface area (Å²) in [4.78, 5) is 25.3. The Balaban J connectivity index is 1.63. The highest BCUT2D eigenvalue weighted by Crippen LogP contribution is 2.62. The van der Waals surface area contributed by atoms with Crippen molar-refractivity contribution in [3.63, 3.8) is 0 Å². The number of rotatable bonds is 1. The summed E-state index contributed by atoms with van der Waals surface area (Å²) in [7, 11) is 0. The van der Waals surface area contributed by atoms with Crippen LogP contribution >= 0.6 is 0 Å². The molecular formula is C19H20O6. The number of hydrogen-bond donors (Lipinski definition) is 1. The van der Waals surface area contributed by atoms with E-state index in [0.717, 1.165) is 18.4 Å². The molecule has 5 rings (SSSR count). The predicted molar refractivity (Wildman–Crippen MR) is 84.0 cm³/mol. The Morgan fingerprint density at radius 3 is 2.88 bits per heavy atom. The fourth-order valence-corrected chi connectivity index (χ4v) is 5.47. The highest BCUT2D eigenvalue weighted by Gasteiger charge is 2.67. The third-order valence-electron chi connectivity index (χ3n) is 6.70. The molecule has 1 aromatic rings. The summed E-state index contributed by atoms with van der Waals surface area (Å²) in [6.45, 7) is 1.87. The lowest BCUT2D eigenvalue weighted by Gasteiger charge is -2.49. The van der Waals surface area contributed by atoms with E-state index in [9.17, 15) is 14.7 Å². The molecule has 4 aliphatic rings. The van der Waals surface area contributed by atoms with Crippen molar-refractivity contribution in [2.45, 2.75) is 50.9 Å². The standard InChI is InChI=1S/C19H20O6/c1-9-15(20)16-14-10(17(21)25-16)4-2-5-11(14)19(9)8-13(24-18(19)22)12-6-3-7-23-12/h3,6-7,9,11,13,15-16,20H,2,4-5,8H2,1H3/t9-,11+,13+,15+,16-,19+/m1/s1. The van der Waals surface area contributed by atoms with E-state index in [1.165, 1.54) is 0 Å². The number of furan rings is 1. The van der Waals surface area contributed by atoms with Crippen molar-refractivity contribution in [1.29, 1.82) is 0 Å². The van der Waals surface area contributed by atoms with Gasteiger partial charge in [-0.2, -0.15) is 0 Å². The molecule has 0 bridgehead atoms. The van der Waals surface area contributed by atoms with Gasteiger partial charge in [0.15, 0.2) is 12.2 Å². The normalized spacial score (nSPS) is 42.6. The van der Waals surface area contributed by atoms with Gasteiger partial charge < -0.3 is 19.0 Å². The van der Waals surface area contributed by atoms with Crippen LogP contribution in [0.2, 0.25) is 0 Å². The van der Waals surface area contributed by atoms with Gasteiger partial charge in [-0.1, -0.05) is 6.92 Å². The van der Waals surface area contributed by atoms with E-state index in [0.29, 0.717) is 24.2 Å². The lowest BCUT2D eigenvalue weighted by atomic mass is 9.53. The van der Waals surface area contributed by atoms with E-state index in [1.54, 1.807) is 18.4 Å². The van der Waals surface area contributed by atoms with Crippen molar-refractivity contribution >= 4 is 11.9 Å². The number of carbonyl (C=O) groups excluding carboxylic acids is 2. The number of carbonyl (C=O) groups is 2. The van der Waals surface area contributed by atoms with Gasteiger partial charge in [0.1, 0.15) is 5.76 Å². The van der Waals surface area contributed by atoms with Gasteiger partial charge in [0.25, 0.3) is 0 Å². The van der Waals surface area contributed by atoms with Gasteiger partial charge in [-0.05, 0) is 37.0 Å². The molecular weight excluding hydrogens is 324 g/mol. The van der Waals surface area contributed by atoms with Crippen LogP contribution in [0.15, 0.2) is 34.0 Å². The maximum absolute atomic E-state index is 13.1. The van der Waals surface area contributed by atoms with Crippen LogP contribution in [0.5, 0.6) is 0 Å². The maximum Gasteiger partial charge on any atom is 0.334 e. The summed E-state index contributed by atoms with van der Waals surface area (Å²) in [6.07, 6.45) is 2.39. The fourth-order valence-electron chi connectivity index (χ4n) is 5.47. The summed E-state index contributed by atoms with van der Waals surface area (Å²) < 4.78 is 16.6. The van der Waals surface area contributed by atoms with Crippen LogP contribution in [0.1, 0.15) is 44.5 Å². The summed E-state index contributed by atoms with van der Waals surface area (Å²) in [6, 6.07) is 3.57. The zero-order chi connectivity index (χ0) is 17.3. The zero-order valence-corrected chi connectivity index (χ0v) is 13.9. The van der Waals surface area contributed by atoms with Crippen molar-refractivity contribution < 1.29 is 28.6 Å². The molecule has 0 amide bonds. The number of ether oxygens (including phenoxy) is 2. The number of esters is 2. The Hall–Kier alpha value is -2.08. The van der Waals surface area contributed by atoms with Crippen LogP contribution in [0.4, 0.5) is 0 Å². The van der Waals surface area contributed by atoms with Gasteiger partial charge in [0.05, 0.1) is 17.8 Å². The third kappa shape index (κ3) is 1.78. The lowest BCUT2D eigenvalue weighted by molar-refractivity contribution is -0.166. The van der Waals surface area contributed by atoms with E-state index >= 15 is 0 Å². The molecule has 1 aromatic heterocycles. The second kappa shape index (κ2) is 4.97. The van der Waals surface area contributed by atoms with E-state index in [2.05, 4.69) is 0 Å². The first-order valence-corrected chi connectivity index (χ1v) is 8.90. The molecule has 3 heterocycles. The Morgan fingerprint density at radius 2 is 2.12 bits per heavy atom. The molecule has 1 saturated carbocycles. The van der Waals surface area contributed by atoms with Crippen LogP contribution in [-0.2, 0) is 19.1 Å². The van der Waals surface area contributed by atoms with Gasteiger partial charge in [0, 0.05) is 23.8 Å². The number of fused-ring (bicyclic) bond motifs is 1. The third-order valence-corrected chi connectivity index (χ3v) is 6.70. The highest BCUT2D eigenvalue weighted by atomic mass is 16.6. The second-order valence-electron chi connectivity index (χ2n) is 7.64. The minimum atomic E-state index is -0.895. The molecule has 0 aromatic carbocycles. The fraction of sp³-hybridized carbons (Fsp3) is 0.579. The first-order chi connectivity index (χ1) is 12.0. The molecule has 0 radical (unpaired) electrons. The van der Waals surface area contributed by atoms with Crippen LogP contribution in [-0.4, -0.2) is 29.3 Å². The predicted octanol–water partition coefficient (Wildman–Crippen LogP) is 2.29. The molecule has 6 nitrogen and oxygen atoms in total. The Labute approximate surface area is 144 Å². The Morgan fingerprint density at radius 1 is 1.28 bits per heavy atom. The lowest BCUT2D eigenvalue weighted by Crippen LogP contribution is -2.56.